The number of nitrogen functional groups attached to an aromatic ring is 1. The molecule has 2 aromatic carbocycles. The van der Waals surface area contributed by atoms with E-state index in [9.17, 15) is 12.8 Å². The first kappa shape index (κ1) is 15.8. The fourth-order valence-corrected chi connectivity index (χ4v) is 3.04. The van der Waals surface area contributed by atoms with Crippen molar-refractivity contribution in [2.24, 2.45) is 0 Å². The molecule has 0 radical (unpaired) electrons. The highest BCUT2D eigenvalue weighted by Crippen LogP contribution is 2.19. The van der Waals surface area contributed by atoms with Crippen LogP contribution in [0.5, 0.6) is 0 Å². The van der Waals surface area contributed by atoms with Gasteiger partial charge in [-0.25, -0.2) is 17.5 Å². The van der Waals surface area contributed by atoms with Gasteiger partial charge in [0, 0.05) is 12.2 Å². The van der Waals surface area contributed by atoms with E-state index >= 15 is 0 Å². The van der Waals surface area contributed by atoms with Crippen LogP contribution in [-0.4, -0.2) is 15.0 Å². The van der Waals surface area contributed by atoms with Gasteiger partial charge in [-0.1, -0.05) is 23.7 Å². The van der Waals surface area contributed by atoms with E-state index in [0.717, 1.165) is 17.7 Å². The van der Waals surface area contributed by atoms with Crippen LogP contribution in [0.4, 0.5) is 10.1 Å². The van der Waals surface area contributed by atoms with Crippen LogP contribution in [0.1, 0.15) is 5.56 Å². The third kappa shape index (κ3) is 4.17. The third-order valence-corrected chi connectivity index (χ3v) is 4.64. The van der Waals surface area contributed by atoms with Gasteiger partial charge in [-0.3, -0.25) is 0 Å². The van der Waals surface area contributed by atoms with Crippen LogP contribution in [0.15, 0.2) is 47.4 Å². The van der Waals surface area contributed by atoms with Gasteiger partial charge in [-0.2, -0.15) is 0 Å². The number of rotatable bonds is 5. The van der Waals surface area contributed by atoms with E-state index in [1.54, 1.807) is 12.1 Å². The molecule has 0 aliphatic rings. The number of nitrogens with two attached hydrogens (primary N) is 1. The maximum absolute atomic E-state index is 13.0. The van der Waals surface area contributed by atoms with Crippen molar-refractivity contribution in [3.63, 3.8) is 0 Å². The number of sulfonamides is 1. The lowest BCUT2D eigenvalue weighted by molar-refractivity contribution is 0.580. The lowest BCUT2D eigenvalue weighted by Gasteiger charge is -2.07. The summed E-state index contributed by atoms with van der Waals surface area (Å²) in [5.74, 6) is -0.655. The molecule has 0 saturated carbocycles. The van der Waals surface area contributed by atoms with E-state index in [1.807, 2.05) is 12.1 Å². The molecule has 0 heterocycles. The smallest absolute Gasteiger partial charge is 0.240 e. The molecule has 2 aromatic rings. The van der Waals surface area contributed by atoms with Crippen LogP contribution in [0.3, 0.4) is 0 Å². The predicted octanol–water partition coefficient (Wildman–Crippen LogP) is 2.58. The third-order valence-electron chi connectivity index (χ3n) is 2.89. The van der Waals surface area contributed by atoms with Crippen LogP contribution in [0.25, 0.3) is 0 Å². The van der Waals surface area contributed by atoms with Gasteiger partial charge in [0.25, 0.3) is 0 Å². The zero-order chi connectivity index (χ0) is 15.5. The van der Waals surface area contributed by atoms with Gasteiger partial charge >= 0.3 is 0 Å². The average molecular weight is 329 g/mol. The molecule has 0 spiro atoms. The summed E-state index contributed by atoms with van der Waals surface area (Å²) in [5.41, 5.74) is 7.19. The number of benzene rings is 2. The molecule has 0 fully saturated rings. The monoisotopic (exact) mass is 328 g/mol. The first-order valence-electron chi connectivity index (χ1n) is 6.17. The second-order valence-corrected chi connectivity index (χ2v) is 6.64. The molecule has 0 unspecified atom stereocenters. The van der Waals surface area contributed by atoms with Crippen molar-refractivity contribution in [2.75, 3.05) is 12.3 Å². The minimum Gasteiger partial charge on any atom is -0.399 e. The fourth-order valence-electron chi connectivity index (χ4n) is 1.74. The van der Waals surface area contributed by atoms with Gasteiger partial charge in [0.2, 0.25) is 10.0 Å². The van der Waals surface area contributed by atoms with Crippen LogP contribution < -0.4 is 10.5 Å². The molecule has 3 N–H and O–H groups in total. The summed E-state index contributed by atoms with van der Waals surface area (Å²) >= 11 is 5.59. The molecular weight excluding hydrogens is 315 g/mol. The Morgan fingerprint density at radius 3 is 2.43 bits per heavy atom. The van der Waals surface area contributed by atoms with Crippen LogP contribution in [-0.2, 0) is 16.4 Å². The van der Waals surface area contributed by atoms with Gasteiger partial charge in [-0.15, -0.1) is 0 Å². The van der Waals surface area contributed by atoms with Crippen LogP contribution in [0.2, 0.25) is 5.02 Å². The maximum atomic E-state index is 13.0. The molecule has 0 aliphatic carbocycles. The molecule has 4 nitrogen and oxygen atoms in total. The lowest BCUT2D eigenvalue weighted by atomic mass is 10.1. The first-order chi connectivity index (χ1) is 9.88. The van der Waals surface area contributed by atoms with Crippen molar-refractivity contribution in [1.29, 1.82) is 0 Å². The van der Waals surface area contributed by atoms with Gasteiger partial charge < -0.3 is 5.73 Å². The number of anilines is 1. The molecule has 112 valence electrons. The number of nitrogens with one attached hydrogen (secondary N) is 1. The summed E-state index contributed by atoms with van der Waals surface area (Å²) in [6.45, 7) is 0.223. The van der Waals surface area contributed by atoms with Gasteiger partial charge in [-0.05, 0) is 42.3 Å². The normalized spacial score (nSPS) is 11.5. The summed E-state index contributed by atoms with van der Waals surface area (Å²) in [4.78, 5) is -0.0637. The predicted molar refractivity (Wildman–Crippen MR) is 81.2 cm³/mol. The Labute approximate surface area is 127 Å². The Kier molecular flexibility index (Phi) is 4.82. The number of hydrogen-bond donors (Lipinski definition) is 2. The van der Waals surface area contributed by atoms with E-state index < -0.39 is 15.8 Å². The molecule has 0 atom stereocenters. The number of hydrogen-bond acceptors (Lipinski definition) is 3. The highest BCUT2D eigenvalue weighted by atomic mass is 35.5. The van der Waals surface area contributed by atoms with E-state index in [-0.39, 0.29) is 16.5 Å². The molecule has 0 bridgehead atoms. The molecule has 21 heavy (non-hydrogen) atoms. The van der Waals surface area contributed by atoms with Gasteiger partial charge in [0.1, 0.15) is 5.82 Å². The van der Waals surface area contributed by atoms with Crippen molar-refractivity contribution in [2.45, 2.75) is 11.3 Å². The van der Waals surface area contributed by atoms with Crippen molar-refractivity contribution in [3.8, 4) is 0 Å². The Balaban J connectivity index is 2.01. The van der Waals surface area contributed by atoms with E-state index in [1.165, 1.54) is 6.07 Å². The first-order valence-corrected chi connectivity index (χ1v) is 8.04. The number of halogens is 2. The van der Waals surface area contributed by atoms with Crippen molar-refractivity contribution >= 4 is 27.3 Å². The molecule has 0 aromatic heterocycles. The largest absolute Gasteiger partial charge is 0.399 e. The molecule has 0 saturated heterocycles. The van der Waals surface area contributed by atoms with Crippen molar-refractivity contribution in [1.82, 2.24) is 4.72 Å². The van der Waals surface area contributed by atoms with Crippen molar-refractivity contribution in [3.05, 3.63) is 58.9 Å². The topological polar surface area (TPSA) is 72.2 Å². The molecule has 0 aliphatic heterocycles. The highest BCUT2D eigenvalue weighted by molar-refractivity contribution is 7.89. The summed E-state index contributed by atoms with van der Waals surface area (Å²) in [6.07, 6.45) is 0.522. The Morgan fingerprint density at radius 2 is 1.81 bits per heavy atom. The standard InChI is InChI=1S/C14H14ClFN2O2S/c15-13-9-12(5-6-14(13)16)21(19,20)18-8-7-10-1-3-11(17)4-2-10/h1-6,9,18H,7-8,17H2. The summed E-state index contributed by atoms with van der Waals surface area (Å²) in [7, 11) is -3.70. The summed E-state index contributed by atoms with van der Waals surface area (Å²) in [5, 5.41) is -0.226. The minimum absolute atomic E-state index is 0.0637. The summed E-state index contributed by atoms with van der Waals surface area (Å²) < 4.78 is 39.5. The zero-order valence-corrected chi connectivity index (χ0v) is 12.6. The summed E-state index contributed by atoms with van der Waals surface area (Å²) in [6, 6.07) is 10.5. The Morgan fingerprint density at radius 1 is 1.14 bits per heavy atom. The highest BCUT2D eigenvalue weighted by Gasteiger charge is 2.15. The molecule has 0 amide bonds. The zero-order valence-electron chi connectivity index (χ0n) is 11.0. The second kappa shape index (κ2) is 6.43. The molecular formula is C14H14ClFN2O2S. The SMILES string of the molecule is Nc1ccc(CCNS(=O)(=O)c2ccc(F)c(Cl)c2)cc1. The van der Waals surface area contributed by atoms with Crippen LogP contribution in [0, 0.1) is 5.82 Å². The quantitative estimate of drug-likeness (QED) is 0.829. The fraction of sp³-hybridized carbons (Fsp3) is 0.143. The lowest BCUT2D eigenvalue weighted by Crippen LogP contribution is -2.26. The van der Waals surface area contributed by atoms with Gasteiger partial charge in [0.05, 0.1) is 9.92 Å². The average Bonchev–Trinajstić information content (AvgIpc) is 2.44. The van der Waals surface area contributed by atoms with E-state index in [4.69, 9.17) is 17.3 Å². The van der Waals surface area contributed by atoms with Crippen molar-refractivity contribution < 1.29 is 12.8 Å². The molecule has 2 rings (SSSR count). The van der Waals surface area contributed by atoms with Crippen LogP contribution >= 0.6 is 11.6 Å². The van der Waals surface area contributed by atoms with E-state index in [2.05, 4.69) is 4.72 Å². The molecule has 7 heteroatoms. The van der Waals surface area contributed by atoms with E-state index in [0.29, 0.717) is 12.1 Å². The second-order valence-electron chi connectivity index (χ2n) is 4.47. The van der Waals surface area contributed by atoms with Gasteiger partial charge in [0.15, 0.2) is 0 Å². The maximum Gasteiger partial charge on any atom is 0.240 e. The Hall–Kier alpha value is -1.63. The minimum atomic E-state index is -3.70. The Bertz CT molecular complexity index is 733.